The van der Waals surface area contributed by atoms with Gasteiger partial charge in [-0.2, -0.15) is 4.31 Å². The van der Waals surface area contributed by atoms with Gasteiger partial charge in [0.2, 0.25) is 16.8 Å². The molecular weight excluding hydrogens is 434 g/mol. The van der Waals surface area contributed by atoms with Crippen molar-refractivity contribution in [1.82, 2.24) is 9.29 Å². The molecule has 1 aliphatic heterocycles. The first-order valence-corrected chi connectivity index (χ1v) is 11.6. The van der Waals surface area contributed by atoms with Crippen LogP contribution >= 0.6 is 11.3 Å². The number of ether oxygens (including phenoxy) is 1. The topological polar surface area (TPSA) is 136 Å². The van der Waals surface area contributed by atoms with Gasteiger partial charge in [-0.15, -0.1) is 11.3 Å². The molecule has 2 aromatic rings. The SMILES string of the molecule is CCOC(=O)c1ccc(S(=O)(=O)N2CCC(C(=O)Nc3nc(C(C)=O)cs3)CC2)o1. The highest BCUT2D eigenvalue weighted by Gasteiger charge is 2.34. The van der Waals surface area contributed by atoms with Crippen LogP contribution < -0.4 is 5.32 Å². The molecule has 3 rings (SSSR count). The van der Waals surface area contributed by atoms with Crippen molar-refractivity contribution in [3.05, 3.63) is 29.0 Å². The van der Waals surface area contributed by atoms with Gasteiger partial charge in [-0.3, -0.25) is 9.59 Å². The molecule has 2 aromatic heterocycles. The van der Waals surface area contributed by atoms with Crippen LogP contribution in [0.4, 0.5) is 5.13 Å². The molecule has 0 unspecified atom stereocenters. The van der Waals surface area contributed by atoms with Gasteiger partial charge in [0, 0.05) is 31.3 Å². The fourth-order valence-corrected chi connectivity index (χ4v) is 5.09. The minimum absolute atomic E-state index is 0.131. The van der Waals surface area contributed by atoms with Crippen LogP contribution in [0.3, 0.4) is 0 Å². The van der Waals surface area contributed by atoms with Gasteiger partial charge in [-0.25, -0.2) is 18.2 Å². The van der Waals surface area contributed by atoms with E-state index in [1.54, 1.807) is 12.3 Å². The van der Waals surface area contributed by atoms with E-state index >= 15 is 0 Å². The number of thiazole rings is 1. The van der Waals surface area contributed by atoms with Crippen LogP contribution in [-0.2, 0) is 19.6 Å². The summed E-state index contributed by atoms with van der Waals surface area (Å²) < 4.78 is 36.7. The lowest BCUT2D eigenvalue weighted by Gasteiger charge is -2.29. The molecule has 0 aliphatic carbocycles. The number of furan rings is 1. The number of carbonyl (C=O) groups is 3. The maximum atomic E-state index is 12.8. The Hall–Kier alpha value is -2.57. The number of nitrogens with one attached hydrogen (secondary N) is 1. The molecule has 0 bridgehead atoms. The monoisotopic (exact) mass is 455 g/mol. The van der Waals surface area contributed by atoms with Crippen molar-refractivity contribution in [2.75, 3.05) is 25.0 Å². The number of amides is 1. The lowest BCUT2D eigenvalue weighted by atomic mass is 9.97. The van der Waals surface area contributed by atoms with E-state index < -0.39 is 16.0 Å². The zero-order valence-electron chi connectivity index (χ0n) is 16.4. The summed E-state index contributed by atoms with van der Waals surface area (Å²) in [7, 11) is -3.92. The number of hydrogen-bond donors (Lipinski definition) is 1. The Kier molecular flexibility index (Phi) is 6.68. The first-order valence-electron chi connectivity index (χ1n) is 9.26. The molecule has 12 heteroatoms. The molecule has 0 spiro atoms. The number of carbonyl (C=O) groups excluding carboxylic acids is 3. The Morgan fingerprint density at radius 3 is 2.60 bits per heavy atom. The summed E-state index contributed by atoms with van der Waals surface area (Å²) in [6.45, 7) is 3.44. The summed E-state index contributed by atoms with van der Waals surface area (Å²) in [5.41, 5.74) is 0.289. The zero-order chi connectivity index (χ0) is 21.9. The number of rotatable bonds is 7. The second-order valence-corrected chi connectivity index (χ2v) is 9.33. The fourth-order valence-electron chi connectivity index (χ4n) is 2.96. The molecule has 162 valence electrons. The number of anilines is 1. The molecule has 0 radical (unpaired) electrons. The molecule has 0 aromatic carbocycles. The molecule has 1 fully saturated rings. The third kappa shape index (κ3) is 4.77. The molecular formula is C18H21N3O7S2. The maximum absolute atomic E-state index is 12.8. The number of ketones is 1. The standard InChI is InChI=1S/C18H21N3O7S2/c1-3-27-17(24)14-4-5-15(28-14)30(25,26)21-8-6-12(7-9-21)16(23)20-18-19-13(10-29-18)11(2)22/h4-5,10,12H,3,6-9H2,1-2H3,(H,19,20,23). The third-order valence-corrected chi connectivity index (χ3v) is 7.10. The average Bonchev–Trinajstić information content (AvgIpc) is 3.38. The van der Waals surface area contributed by atoms with Crippen molar-refractivity contribution >= 4 is 44.2 Å². The van der Waals surface area contributed by atoms with Crippen LogP contribution in [0.5, 0.6) is 0 Å². The Morgan fingerprint density at radius 2 is 2.00 bits per heavy atom. The largest absolute Gasteiger partial charge is 0.460 e. The predicted octanol–water partition coefficient (Wildman–Crippen LogP) is 2.15. The predicted molar refractivity (Wildman–Crippen MR) is 107 cm³/mol. The molecule has 1 amide bonds. The van der Waals surface area contributed by atoms with Crippen LogP contribution in [-0.4, -0.2) is 55.1 Å². The number of piperidine rings is 1. The molecule has 1 saturated heterocycles. The van der Waals surface area contributed by atoms with Gasteiger partial charge in [-0.05, 0) is 31.9 Å². The first kappa shape index (κ1) is 22.1. The molecule has 30 heavy (non-hydrogen) atoms. The molecule has 10 nitrogen and oxygen atoms in total. The Labute approximate surface area is 177 Å². The minimum atomic E-state index is -3.92. The lowest BCUT2D eigenvalue weighted by Crippen LogP contribution is -2.41. The first-order chi connectivity index (χ1) is 14.2. The van der Waals surface area contributed by atoms with Gasteiger partial charge in [0.1, 0.15) is 5.69 Å². The molecule has 1 N–H and O–H groups in total. The molecule has 1 aliphatic rings. The van der Waals surface area contributed by atoms with Crippen molar-refractivity contribution in [2.24, 2.45) is 5.92 Å². The van der Waals surface area contributed by atoms with E-state index in [-0.39, 0.29) is 53.9 Å². The number of hydrogen-bond acceptors (Lipinski definition) is 9. The maximum Gasteiger partial charge on any atom is 0.374 e. The van der Waals surface area contributed by atoms with Crippen LogP contribution in [0.2, 0.25) is 0 Å². The number of esters is 1. The molecule has 0 atom stereocenters. The van der Waals surface area contributed by atoms with Crippen molar-refractivity contribution < 1.29 is 32.0 Å². The van der Waals surface area contributed by atoms with E-state index in [9.17, 15) is 22.8 Å². The van der Waals surface area contributed by atoms with E-state index in [1.807, 2.05) is 0 Å². The molecule has 3 heterocycles. The highest BCUT2D eigenvalue weighted by atomic mass is 32.2. The number of aromatic nitrogens is 1. The van der Waals surface area contributed by atoms with Gasteiger partial charge in [0.15, 0.2) is 10.9 Å². The summed E-state index contributed by atoms with van der Waals surface area (Å²) in [6, 6.07) is 2.48. The highest BCUT2D eigenvalue weighted by Crippen LogP contribution is 2.26. The second-order valence-electron chi connectivity index (χ2n) is 6.60. The van der Waals surface area contributed by atoms with Gasteiger partial charge in [0.05, 0.1) is 6.61 Å². The highest BCUT2D eigenvalue weighted by molar-refractivity contribution is 7.89. The van der Waals surface area contributed by atoms with E-state index in [0.29, 0.717) is 18.0 Å². The third-order valence-electron chi connectivity index (χ3n) is 4.57. The zero-order valence-corrected chi connectivity index (χ0v) is 18.0. The Balaban J connectivity index is 1.59. The number of nitrogens with zero attached hydrogens (tertiary/aromatic N) is 2. The van der Waals surface area contributed by atoms with E-state index in [2.05, 4.69) is 10.3 Å². The Bertz CT molecular complexity index is 1050. The van der Waals surface area contributed by atoms with Gasteiger partial charge in [-0.1, -0.05) is 0 Å². The summed E-state index contributed by atoms with van der Waals surface area (Å²) >= 11 is 1.16. The van der Waals surface area contributed by atoms with Gasteiger partial charge < -0.3 is 14.5 Å². The molecule has 0 saturated carbocycles. The number of sulfonamides is 1. The quantitative estimate of drug-likeness (QED) is 0.495. The lowest BCUT2D eigenvalue weighted by molar-refractivity contribution is -0.120. The van der Waals surface area contributed by atoms with Crippen molar-refractivity contribution in [1.29, 1.82) is 0 Å². The van der Waals surface area contributed by atoms with Crippen LogP contribution in [0.15, 0.2) is 27.0 Å². The fraction of sp³-hybridized carbons (Fsp3) is 0.444. The minimum Gasteiger partial charge on any atom is -0.460 e. The summed E-state index contributed by atoms with van der Waals surface area (Å²) in [6.07, 6.45) is 0.642. The Morgan fingerprint density at radius 1 is 1.30 bits per heavy atom. The normalized spacial score (nSPS) is 15.7. The summed E-state index contributed by atoms with van der Waals surface area (Å²) in [5, 5.41) is 4.24. The summed E-state index contributed by atoms with van der Waals surface area (Å²) in [4.78, 5) is 39.5. The van der Waals surface area contributed by atoms with Gasteiger partial charge >= 0.3 is 5.97 Å². The van der Waals surface area contributed by atoms with Crippen LogP contribution in [0, 0.1) is 5.92 Å². The van der Waals surface area contributed by atoms with E-state index in [4.69, 9.17) is 9.15 Å². The van der Waals surface area contributed by atoms with E-state index in [0.717, 1.165) is 11.3 Å². The van der Waals surface area contributed by atoms with E-state index in [1.165, 1.54) is 23.4 Å². The second kappa shape index (κ2) is 9.06. The number of Topliss-reactive ketones (excluding diaryl/α,β-unsaturated/α-hetero) is 1. The van der Waals surface area contributed by atoms with Crippen LogP contribution in [0.1, 0.15) is 47.7 Å². The van der Waals surface area contributed by atoms with Crippen LogP contribution in [0.25, 0.3) is 0 Å². The smallest absolute Gasteiger partial charge is 0.374 e. The van der Waals surface area contributed by atoms with Crippen molar-refractivity contribution in [3.63, 3.8) is 0 Å². The van der Waals surface area contributed by atoms with Gasteiger partial charge in [0.25, 0.3) is 10.0 Å². The van der Waals surface area contributed by atoms with Crippen molar-refractivity contribution in [3.8, 4) is 0 Å². The average molecular weight is 456 g/mol. The van der Waals surface area contributed by atoms with Crippen molar-refractivity contribution in [2.45, 2.75) is 31.8 Å². The summed E-state index contributed by atoms with van der Waals surface area (Å²) in [5.74, 6) is -1.75.